The van der Waals surface area contributed by atoms with Gasteiger partial charge in [0.05, 0.1) is 10.6 Å². The minimum atomic E-state index is -4.31. The molecule has 0 aliphatic heterocycles. The van der Waals surface area contributed by atoms with Crippen molar-refractivity contribution in [2.45, 2.75) is 4.90 Å². The Morgan fingerprint density at radius 1 is 0.950 bits per heavy atom. The fourth-order valence-corrected chi connectivity index (χ4v) is 2.73. The van der Waals surface area contributed by atoms with E-state index in [-0.39, 0.29) is 10.7 Å². The van der Waals surface area contributed by atoms with Crippen molar-refractivity contribution in [3.63, 3.8) is 0 Å². The molecule has 0 aromatic heterocycles. The molecule has 0 amide bonds. The molecule has 2 aromatic carbocycles. The second-order valence-corrected chi connectivity index (χ2v) is 5.95. The average molecular weight is 322 g/mol. The highest BCUT2D eigenvalue weighted by molar-refractivity contribution is 7.92. The van der Waals surface area contributed by atoms with Gasteiger partial charge < -0.3 is 0 Å². The Labute approximate surface area is 118 Å². The average Bonchev–Trinajstić information content (AvgIpc) is 2.31. The maximum Gasteiger partial charge on any atom is 0.262 e. The summed E-state index contributed by atoms with van der Waals surface area (Å²) >= 11 is 5.53. The first kappa shape index (κ1) is 14.7. The molecule has 1 N–H and O–H groups in total. The van der Waals surface area contributed by atoms with Crippen molar-refractivity contribution in [1.82, 2.24) is 0 Å². The van der Waals surface area contributed by atoms with Gasteiger partial charge in [-0.3, -0.25) is 4.72 Å². The molecule has 106 valence electrons. The number of rotatable bonds is 3. The highest BCUT2D eigenvalue weighted by Crippen LogP contribution is 2.23. The van der Waals surface area contributed by atoms with Crippen molar-refractivity contribution in [2.24, 2.45) is 0 Å². The Morgan fingerprint density at radius 2 is 1.55 bits per heavy atom. The van der Waals surface area contributed by atoms with E-state index < -0.39 is 32.4 Å². The summed E-state index contributed by atoms with van der Waals surface area (Å²) in [7, 11) is -4.31. The van der Waals surface area contributed by atoms with Crippen molar-refractivity contribution < 1.29 is 21.6 Å². The standard InChI is InChI=1S/C12H7ClF3NO2S/c13-7-1-2-12(11(16)3-7)17-20(18,19)10-5-8(14)4-9(15)6-10/h1-6,17H. The number of hydrogen-bond donors (Lipinski definition) is 1. The molecule has 0 aliphatic rings. The van der Waals surface area contributed by atoms with Crippen molar-refractivity contribution >= 4 is 27.3 Å². The van der Waals surface area contributed by atoms with Crippen LogP contribution in [0.25, 0.3) is 0 Å². The van der Waals surface area contributed by atoms with Gasteiger partial charge in [0.2, 0.25) is 0 Å². The molecule has 0 fully saturated rings. The molecule has 0 bridgehead atoms. The first-order valence-corrected chi connectivity index (χ1v) is 7.08. The van der Waals surface area contributed by atoms with Gasteiger partial charge in [0.1, 0.15) is 17.5 Å². The topological polar surface area (TPSA) is 46.2 Å². The number of anilines is 1. The van der Waals surface area contributed by atoms with Crippen LogP contribution in [0.1, 0.15) is 0 Å². The number of hydrogen-bond acceptors (Lipinski definition) is 2. The quantitative estimate of drug-likeness (QED) is 0.939. The fraction of sp³-hybridized carbons (Fsp3) is 0. The molecule has 0 unspecified atom stereocenters. The van der Waals surface area contributed by atoms with Gasteiger partial charge in [-0.05, 0) is 30.3 Å². The summed E-state index contributed by atoms with van der Waals surface area (Å²) in [5.74, 6) is -3.01. The van der Waals surface area contributed by atoms with Crippen LogP contribution >= 0.6 is 11.6 Å². The van der Waals surface area contributed by atoms with Crippen LogP contribution in [0.3, 0.4) is 0 Å². The maximum atomic E-state index is 13.5. The van der Waals surface area contributed by atoms with Crippen molar-refractivity contribution in [3.8, 4) is 0 Å². The molecule has 0 radical (unpaired) electrons. The Kier molecular flexibility index (Phi) is 3.92. The minimum absolute atomic E-state index is 0.0854. The van der Waals surface area contributed by atoms with E-state index in [1.807, 2.05) is 4.72 Å². The Bertz CT molecular complexity index is 745. The Morgan fingerprint density at radius 3 is 2.10 bits per heavy atom. The highest BCUT2D eigenvalue weighted by atomic mass is 35.5. The summed E-state index contributed by atoms with van der Waals surface area (Å²) in [6.45, 7) is 0. The lowest BCUT2D eigenvalue weighted by Crippen LogP contribution is -2.14. The maximum absolute atomic E-state index is 13.5. The molecule has 0 heterocycles. The second-order valence-electron chi connectivity index (χ2n) is 3.83. The van der Waals surface area contributed by atoms with Gasteiger partial charge in [-0.1, -0.05) is 11.6 Å². The van der Waals surface area contributed by atoms with E-state index in [9.17, 15) is 21.6 Å². The lowest BCUT2D eigenvalue weighted by molar-refractivity contribution is 0.568. The third-order valence-electron chi connectivity index (χ3n) is 2.32. The normalized spacial score (nSPS) is 11.4. The van der Waals surface area contributed by atoms with Crippen LogP contribution in [0.2, 0.25) is 5.02 Å². The zero-order chi connectivity index (χ0) is 14.9. The smallest absolute Gasteiger partial charge is 0.262 e. The van der Waals surface area contributed by atoms with E-state index in [0.717, 1.165) is 12.1 Å². The van der Waals surface area contributed by atoms with Crippen molar-refractivity contribution in [3.05, 3.63) is 58.9 Å². The molecule has 20 heavy (non-hydrogen) atoms. The van der Waals surface area contributed by atoms with Crippen LogP contribution in [0, 0.1) is 17.5 Å². The van der Waals surface area contributed by atoms with E-state index in [1.165, 1.54) is 6.07 Å². The first-order chi connectivity index (χ1) is 9.28. The molecule has 2 rings (SSSR count). The monoisotopic (exact) mass is 321 g/mol. The highest BCUT2D eigenvalue weighted by Gasteiger charge is 2.18. The number of sulfonamides is 1. The lowest BCUT2D eigenvalue weighted by atomic mass is 10.3. The molecule has 3 nitrogen and oxygen atoms in total. The van der Waals surface area contributed by atoms with Crippen molar-refractivity contribution in [2.75, 3.05) is 4.72 Å². The van der Waals surface area contributed by atoms with Crippen LogP contribution in [-0.2, 0) is 10.0 Å². The minimum Gasteiger partial charge on any atom is -0.277 e. The van der Waals surface area contributed by atoms with Gasteiger partial charge in [0.15, 0.2) is 0 Å². The van der Waals surface area contributed by atoms with Gasteiger partial charge in [0.25, 0.3) is 10.0 Å². The summed E-state index contributed by atoms with van der Waals surface area (Å²) in [6.07, 6.45) is 0. The fourth-order valence-electron chi connectivity index (χ4n) is 1.46. The van der Waals surface area contributed by atoms with E-state index in [4.69, 9.17) is 11.6 Å². The molecule has 0 saturated carbocycles. The van der Waals surface area contributed by atoms with E-state index in [0.29, 0.717) is 18.2 Å². The molecule has 2 aromatic rings. The van der Waals surface area contributed by atoms with Gasteiger partial charge in [0, 0.05) is 11.1 Å². The van der Waals surface area contributed by atoms with Crippen LogP contribution in [0.5, 0.6) is 0 Å². The van der Waals surface area contributed by atoms with Crippen LogP contribution in [0.4, 0.5) is 18.9 Å². The Hall–Kier alpha value is -1.73. The van der Waals surface area contributed by atoms with E-state index in [2.05, 4.69) is 0 Å². The predicted molar refractivity (Wildman–Crippen MR) is 68.6 cm³/mol. The summed E-state index contributed by atoms with van der Waals surface area (Å²) in [6, 6.07) is 5.06. The van der Waals surface area contributed by atoms with E-state index in [1.54, 1.807) is 0 Å². The molecule has 0 saturated heterocycles. The Balaban J connectivity index is 2.40. The van der Waals surface area contributed by atoms with Crippen molar-refractivity contribution in [1.29, 1.82) is 0 Å². The first-order valence-electron chi connectivity index (χ1n) is 5.22. The molecule has 8 heteroatoms. The zero-order valence-electron chi connectivity index (χ0n) is 9.70. The summed E-state index contributed by atoms with van der Waals surface area (Å²) in [4.78, 5) is -0.649. The van der Waals surface area contributed by atoms with Gasteiger partial charge in [-0.2, -0.15) is 0 Å². The SMILES string of the molecule is O=S(=O)(Nc1ccc(Cl)cc1F)c1cc(F)cc(F)c1. The van der Waals surface area contributed by atoms with Crippen LogP contribution < -0.4 is 4.72 Å². The van der Waals surface area contributed by atoms with Gasteiger partial charge >= 0.3 is 0 Å². The van der Waals surface area contributed by atoms with Gasteiger partial charge in [-0.25, -0.2) is 21.6 Å². The third-order valence-corrected chi connectivity index (χ3v) is 3.90. The number of benzene rings is 2. The molecular formula is C12H7ClF3NO2S. The third kappa shape index (κ3) is 3.23. The van der Waals surface area contributed by atoms with Crippen LogP contribution in [-0.4, -0.2) is 8.42 Å². The zero-order valence-corrected chi connectivity index (χ0v) is 11.3. The predicted octanol–water partition coefficient (Wildman–Crippen LogP) is 3.56. The summed E-state index contributed by atoms with van der Waals surface area (Å²) < 4.78 is 65.2. The van der Waals surface area contributed by atoms with Crippen LogP contribution in [0.15, 0.2) is 41.3 Å². The summed E-state index contributed by atoms with van der Waals surface area (Å²) in [5.41, 5.74) is -0.376. The summed E-state index contributed by atoms with van der Waals surface area (Å²) in [5, 5.41) is 0.0854. The second kappa shape index (κ2) is 5.34. The van der Waals surface area contributed by atoms with Gasteiger partial charge in [-0.15, -0.1) is 0 Å². The number of nitrogens with one attached hydrogen (secondary N) is 1. The largest absolute Gasteiger partial charge is 0.277 e. The molecule has 0 spiro atoms. The van der Waals surface area contributed by atoms with E-state index >= 15 is 0 Å². The lowest BCUT2D eigenvalue weighted by Gasteiger charge is -2.09. The molecular weight excluding hydrogens is 315 g/mol. The molecule has 0 aliphatic carbocycles. The number of halogens is 4. The molecule has 0 atom stereocenters.